The molecule has 0 bridgehead atoms. The fourth-order valence-electron chi connectivity index (χ4n) is 1.90. The highest BCUT2D eigenvalue weighted by Gasteiger charge is 2.29. The summed E-state index contributed by atoms with van der Waals surface area (Å²) >= 11 is 0. The third-order valence-corrected chi connectivity index (χ3v) is 3.14. The normalized spacial score (nSPS) is 12.0. The van der Waals surface area contributed by atoms with Gasteiger partial charge in [-0.05, 0) is 29.7 Å². The van der Waals surface area contributed by atoms with Crippen LogP contribution in [-0.2, 0) is 12.1 Å². The molecule has 0 amide bonds. The zero-order chi connectivity index (χ0) is 10.6. The molecule has 0 aliphatic rings. The summed E-state index contributed by atoms with van der Waals surface area (Å²) in [6, 6.07) is 0. The van der Waals surface area contributed by atoms with Crippen LogP contribution in [0.3, 0.4) is 0 Å². The fraction of sp³-hybridized carbons (Fsp3) is 0.889. The average molecular weight is 197 g/mol. The molecule has 0 atom stereocenters. The minimum atomic E-state index is 0.0399. The highest BCUT2D eigenvalue weighted by molar-refractivity contribution is 4.90. The summed E-state index contributed by atoms with van der Waals surface area (Å²) in [5.74, 6) is 0.774. The van der Waals surface area contributed by atoms with E-state index in [2.05, 4.69) is 36.3 Å². The Morgan fingerprint density at radius 2 is 1.79 bits per heavy atom. The van der Waals surface area contributed by atoms with Crippen LogP contribution < -0.4 is 5.73 Å². The van der Waals surface area contributed by atoms with Crippen molar-refractivity contribution in [2.24, 2.45) is 5.73 Å². The first-order chi connectivity index (χ1) is 6.74. The van der Waals surface area contributed by atoms with Crippen LogP contribution in [0.15, 0.2) is 0 Å². The van der Waals surface area contributed by atoms with Gasteiger partial charge in [0.1, 0.15) is 0 Å². The van der Waals surface area contributed by atoms with Crippen LogP contribution in [0.5, 0.6) is 0 Å². The zero-order valence-electron chi connectivity index (χ0n) is 9.19. The maximum absolute atomic E-state index is 5.59. The van der Waals surface area contributed by atoms with Crippen molar-refractivity contribution in [3.8, 4) is 0 Å². The molecule has 0 aliphatic heterocycles. The summed E-state index contributed by atoms with van der Waals surface area (Å²) in [5.41, 5.74) is 5.63. The van der Waals surface area contributed by atoms with E-state index < -0.39 is 0 Å². The van der Waals surface area contributed by atoms with E-state index in [1.165, 1.54) is 0 Å². The molecular formula is C9H19N5. The quantitative estimate of drug-likeness (QED) is 0.766. The van der Waals surface area contributed by atoms with Crippen LogP contribution in [0.2, 0.25) is 0 Å². The summed E-state index contributed by atoms with van der Waals surface area (Å²) < 4.78 is 1.90. The van der Waals surface area contributed by atoms with Gasteiger partial charge in [-0.2, -0.15) is 0 Å². The molecule has 0 unspecified atom stereocenters. The zero-order valence-corrected chi connectivity index (χ0v) is 9.19. The van der Waals surface area contributed by atoms with Gasteiger partial charge in [0.2, 0.25) is 0 Å². The average Bonchev–Trinajstić information content (AvgIpc) is 2.70. The Labute approximate surface area is 84.7 Å². The van der Waals surface area contributed by atoms with Crippen LogP contribution in [0.1, 0.15) is 45.9 Å². The molecule has 0 radical (unpaired) electrons. The van der Waals surface area contributed by atoms with E-state index in [1.54, 1.807) is 0 Å². The Balaban J connectivity index is 3.09. The summed E-state index contributed by atoms with van der Waals surface area (Å²) in [4.78, 5) is 0. The molecule has 0 spiro atoms. The lowest BCUT2D eigenvalue weighted by atomic mass is 9.90. The van der Waals surface area contributed by atoms with Crippen molar-refractivity contribution >= 4 is 0 Å². The lowest BCUT2D eigenvalue weighted by molar-refractivity contribution is 0.213. The predicted octanol–water partition coefficient (Wildman–Crippen LogP) is 1.06. The molecule has 1 aromatic rings. The predicted molar refractivity (Wildman–Crippen MR) is 54.6 cm³/mol. The lowest BCUT2D eigenvalue weighted by Gasteiger charge is -2.30. The van der Waals surface area contributed by atoms with Crippen molar-refractivity contribution in [1.29, 1.82) is 0 Å². The Morgan fingerprint density at radius 3 is 2.21 bits per heavy atom. The van der Waals surface area contributed by atoms with Gasteiger partial charge in [-0.15, -0.1) is 5.10 Å². The monoisotopic (exact) mass is 197 g/mol. The van der Waals surface area contributed by atoms with Gasteiger partial charge in [0.15, 0.2) is 5.82 Å². The summed E-state index contributed by atoms with van der Waals surface area (Å²) in [6.45, 7) is 6.88. The minimum Gasteiger partial charge on any atom is -0.324 e. The van der Waals surface area contributed by atoms with Crippen molar-refractivity contribution in [2.45, 2.75) is 52.1 Å². The van der Waals surface area contributed by atoms with Crippen LogP contribution in [-0.4, -0.2) is 20.2 Å². The summed E-state index contributed by atoms with van der Waals surface area (Å²) in [6.07, 6.45) is 3.08. The van der Waals surface area contributed by atoms with Crippen molar-refractivity contribution in [2.75, 3.05) is 0 Å². The molecule has 1 rings (SSSR count). The molecule has 0 saturated heterocycles. The van der Waals surface area contributed by atoms with Gasteiger partial charge >= 0.3 is 0 Å². The first-order valence-corrected chi connectivity index (χ1v) is 5.21. The van der Waals surface area contributed by atoms with Crippen molar-refractivity contribution in [3.63, 3.8) is 0 Å². The summed E-state index contributed by atoms with van der Waals surface area (Å²) in [7, 11) is 0. The van der Waals surface area contributed by atoms with Crippen molar-refractivity contribution < 1.29 is 0 Å². The van der Waals surface area contributed by atoms with Gasteiger partial charge in [-0.25, -0.2) is 4.68 Å². The molecule has 0 saturated carbocycles. The van der Waals surface area contributed by atoms with Gasteiger partial charge in [-0.3, -0.25) is 0 Å². The van der Waals surface area contributed by atoms with Crippen LogP contribution in [0, 0.1) is 0 Å². The number of tetrazole rings is 1. The first kappa shape index (κ1) is 11.1. The molecule has 0 aromatic carbocycles. The number of nitrogens with zero attached hydrogens (tertiary/aromatic N) is 4. The largest absolute Gasteiger partial charge is 0.324 e. The molecule has 1 heterocycles. The van der Waals surface area contributed by atoms with E-state index in [1.807, 2.05) is 4.68 Å². The second-order valence-corrected chi connectivity index (χ2v) is 3.50. The highest BCUT2D eigenvalue weighted by Crippen LogP contribution is 2.28. The molecule has 2 N–H and O–H groups in total. The number of rotatable bonds is 5. The molecule has 0 fully saturated rings. The topological polar surface area (TPSA) is 69.6 Å². The van der Waals surface area contributed by atoms with E-state index in [4.69, 9.17) is 5.73 Å². The molecule has 14 heavy (non-hydrogen) atoms. The third-order valence-electron chi connectivity index (χ3n) is 3.14. The number of hydrogen-bond acceptors (Lipinski definition) is 4. The molecular weight excluding hydrogens is 178 g/mol. The van der Waals surface area contributed by atoms with E-state index in [9.17, 15) is 0 Å². The first-order valence-electron chi connectivity index (χ1n) is 5.21. The van der Waals surface area contributed by atoms with Crippen LogP contribution in [0.4, 0.5) is 0 Å². The van der Waals surface area contributed by atoms with E-state index in [0.29, 0.717) is 6.54 Å². The Kier molecular flexibility index (Phi) is 3.57. The SMILES string of the molecule is CCC(CC)(CC)n1nnnc1CN. The highest BCUT2D eigenvalue weighted by atomic mass is 15.6. The molecule has 5 heteroatoms. The Bertz CT molecular complexity index is 268. The minimum absolute atomic E-state index is 0.0399. The van der Waals surface area contributed by atoms with Crippen LogP contribution in [0.25, 0.3) is 0 Å². The maximum atomic E-state index is 5.59. The fourth-order valence-corrected chi connectivity index (χ4v) is 1.90. The molecule has 1 aromatic heterocycles. The Hall–Kier alpha value is -0.970. The van der Waals surface area contributed by atoms with Gasteiger partial charge in [0.05, 0.1) is 12.1 Å². The second kappa shape index (κ2) is 4.50. The van der Waals surface area contributed by atoms with Crippen LogP contribution >= 0.6 is 0 Å². The van der Waals surface area contributed by atoms with Gasteiger partial charge < -0.3 is 5.73 Å². The summed E-state index contributed by atoms with van der Waals surface area (Å²) in [5, 5.41) is 11.7. The molecule has 5 nitrogen and oxygen atoms in total. The molecule has 80 valence electrons. The van der Waals surface area contributed by atoms with Crippen molar-refractivity contribution in [3.05, 3.63) is 5.82 Å². The smallest absolute Gasteiger partial charge is 0.165 e. The van der Waals surface area contributed by atoms with E-state index in [0.717, 1.165) is 25.1 Å². The standard InChI is InChI=1S/C9H19N5/c1-4-9(5-2,6-3)14-8(7-10)11-12-13-14/h4-7,10H2,1-3H3. The number of nitrogens with two attached hydrogens (primary N) is 1. The Morgan fingerprint density at radius 1 is 1.21 bits per heavy atom. The maximum Gasteiger partial charge on any atom is 0.165 e. The van der Waals surface area contributed by atoms with E-state index in [-0.39, 0.29) is 5.54 Å². The molecule has 0 aliphatic carbocycles. The van der Waals surface area contributed by atoms with Gasteiger partial charge in [0, 0.05) is 0 Å². The lowest BCUT2D eigenvalue weighted by Crippen LogP contribution is -2.34. The number of aromatic nitrogens is 4. The van der Waals surface area contributed by atoms with Crippen molar-refractivity contribution in [1.82, 2.24) is 20.2 Å². The van der Waals surface area contributed by atoms with E-state index >= 15 is 0 Å². The van der Waals surface area contributed by atoms with Gasteiger partial charge in [0.25, 0.3) is 0 Å². The number of hydrogen-bond donors (Lipinski definition) is 1. The second-order valence-electron chi connectivity index (χ2n) is 3.50. The third kappa shape index (κ3) is 1.64. The van der Waals surface area contributed by atoms with Gasteiger partial charge in [-0.1, -0.05) is 20.8 Å².